The number of primary amides is 1. The molecular weight excluding hydrogens is 389 g/mol. The van der Waals surface area contributed by atoms with Gasteiger partial charge in [-0.05, 0) is 49.8 Å². The fraction of sp³-hybridized carbons (Fsp3) is 0.133. The summed E-state index contributed by atoms with van der Waals surface area (Å²) in [6, 6.07) is 4.51. The van der Waals surface area contributed by atoms with Crippen molar-refractivity contribution >= 4 is 68.7 Å². The van der Waals surface area contributed by atoms with Crippen LogP contribution >= 0.6 is 46.8 Å². The van der Waals surface area contributed by atoms with Crippen LogP contribution in [0.25, 0.3) is 0 Å². The highest BCUT2D eigenvalue weighted by Crippen LogP contribution is 2.32. The first-order valence-corrected chi connectivity index (χ1v) is 8.66. The van der Waals surface area contributed by atoms with Crippen LogP contribution in [0.3, 0.4) is 0 Å². The summed E-state index contributed by atoms with van der Waals surface area (Å²) in [6.07, 6.45) is 0. The Bertz CT molecular complexity index is 849. The molecule has 0 aliphatic carbocycles. The lowest BCUT2D eigenvalue weighted by Gasteiger charge is -2.10. The summed E-state index contributed by atoms with van der Waals surface area (Å²) in [6.45, 7) is 3.67. The van der Waals surface area contributed by atoms with Crippen LogP contribution < -0.4 is 16.4 Å². The fourth-order valence-electron chi connectivity index (χ4n) is 1.99. The molecule has 0 unspecified atom stereocenters. The maximum atomic E-state index is 12.2. The molecule has 0 saturated carbocycles. The van der Waals surface area contributed by atoms with Crippen molar-refractivity contribution < 1.29 is 9.59 Å². The van der Waals surface area contributed by atoms with Crippen molar-refractivity contribution in [2.75, 3.05) is 5.32 Å². The number of anilines is 1. The van der Waals surface area contributed by atoms with Gasteiger partial charge < -0.3 is 11.1 Å². The molecule has 0 fully saturated rings. The summed E-state index contributed by atoms with van der Waals surface area (Å²) >= 11 is 18.2. The van der Waals surface area contributed by atoms with E-state index in [1.54, 1.807) is 13.0 Å². The number of nitrogens with one attached hydrogen (secondary N) is 2. The van der Waals surface area contributed by atoms with Gasteiger partial charge in [0, 0.05) is 9.90 Å². The van der Waals surface area contributed by atoms with E-state index in [4.69, 9.17) is 41.2 Å². The van der Waals surface area contributed by atoms with Gasteiger partial charge in [-0.3, -0.25) is 14.9 Å². The van der Waals surface area contributed by atoms with Crippen molar-refractivity contribution in [3.8, 4) is 0 Å². The highest BCUT2D eigenvalue weighted by molar-refractivity contribution is 7.80. The van der Waals surface area contributed by atoms with Crippen LogP contribution in [-0.4, -0.2) is 16.9 Å². The van der Waals surface area contributed by atoms with Crippen molar-refractivity contribution in [2.45, 2.75) is 13.8 Å². The number of halogens is 2. The van der Waals surface area contributed by atoms with Crippen molar-refractivity contribution in [2.24, 2.45) is 5.73 Å². The largest absolute Gasteiger partial charge is 0.365 e. The van der Waals surface area contributed by atoms with Crippen LogP contribution in [-0.2, 0) is 0 Å². The van der Waals surface area contributed by atoms with E-state index in [1.807, 2.05) is 6.92 Å². The molecule has 2 rings (SSSR count). The molecule has 0 bridgehead atoms. The Kier molecular flexibility index (Phi) is 5.82. The number of amides is 2. The molecule has 0 atom stereocenters. The van der Waals surface area contributed by atoms with Crippen molar-refractivity contribution in [1.82, 2.24) is 5.32 Å². The zero-order chi connectivity index (χ0) is 18.0. The molecule has 0 radical (unpaired) electrons. The van der Waals surface area contributed by atoms with E-state index in [9.17, 15) is 9.59 Å². The van der Waals surface area contributed by atoms with Gasteiger partial charge in [0.15, 0.2) is 5.11 Å². The van der Waals surface area contributed by atoms with E-state index < -0.39 is 11.8 Å². The monoisotopic (exact) mass is 401 g/mol. The van der Waals surface area contributed by atoms with E-state index in [2.05, 4.69) is 10.6 Å². The first kappa shape index (κ1) is 18.7. The first-order valence-electron chi connectivity index (χ1n) is 6.68. The normalized spacial score (nSPS) is 10.3. The second-order valence-electron chi connectivity index (χ2n) is 4.88. The van der Waals surface area contributed by atoms with Crippen LogP contribution in [0.2, 0.25) is 10.0 Å². The van der Waals surface area contributed by atoms with Crippen molar-refractivity contribution in [3.63, 3.8) is 0 Å². The highest BCUT2D eigenvalue weighted by atomic mass is 35.5. The van der Waals surface area contributed by atoms with E-state index in [-0.39, 0.29) is 15.7 Å². The third kappa shape index (κ3) is 4.05. The van der Waals surface area contributed by atoms with Gasteiger partial charge in [0.05, 0.1) is 16.1 Å². The van der Waals surface area contributed by atoms with Crippen LogP contribution in [0.5, 0.6) is 0 Å². The Morgan fingerprint density at radius 1 is 1.25 bits per heavy atom. The van der Waals surface area contributed by atoms with Crippen LogP contribution in [0.4, 0.5) is 5.00 Å². The Morgan fingerprint density at radius 3 is 2.50 bits per heavy atom. The van der Waals surface area contributed by atoms with Gasteiger partial charge in [-0.25, -0.2) is 0 Å². The molecule has 2 aromatic rings. The second-order valence-corrected chi connectivity index (χ2v) is 7.36. The molecule has 4 N–H and O–H groups in total. The Morgan fingerprint density at radius 2 is 1.92 bits per heavy atom. The number of benzene rings is 1. The molecule has 2 amide bonds. The van der Waals surface area contributed by atoms with Crippen molar-refractivity contribution in [1.29, 1.82) is 0 Å². The molecule has 24 heavy (non-hydrogen) atoms. The molecule has 1 aromatic carbocycles. The van der Waals surface area contributed by atoms with Gasteiger partial charge in [-0.1, -0.05) is 23.2 Å². The third-order valence-electron chi connectivity index (χ3n) is 3.26. The minimum absolute atomic E-state index is 0.0368. The standard InChI is InChI=1S/C15H13Cl2N3O2S2/c1-6-7(2)24-14(11(6)12(18)21)20-15(23)19-13(22)9-4-3-8(16)5-10(9)17/h3-5H,1-2H3,(H2,18,21)(H2,19,20,22,23). The van der Waals surface area contributed by atoms with E-state index in [0.717, 1.165) is 10.4 Å². The first-order chi connectivity index (χ1) is 11.2. The summed E-state index contributed by atoms with van der Waals surface area (Å²) in [5.41, 5.74) is 6.78. The lowest BCUT2D eigenvalue weighted by Crippen LogP contribution is -2.34. The second kappa shape index (κ2) is 7.48. The molecule has 0 aliphatic rings. The van der Waals surface area contributed by atoms with Gasteiger partial charge >= 0.3 is 0 Å². The predicted octanol–water partition coefficient (Wildman–Crippen LogP) is 3.90. The van der Waals surface area contributed by atoms with Crippen LogP contribution in [0.15, 0.2) is 18.2 Å². The summed E-state index contributed by atoms with van der Waals surface area (Å²) in [7, 11) is 0. The minimum atomic E-state index is -0.561. The number of hydrogen-bond donors (Lipinski definition) is 3. The number of nitrogens with two attached hydrogens (primary N) is 1. The van der Waals surface area contributed by atoms with Gasteiger partial charge in [0.2, 0.25) is 0 Å². The summed E-state index contributed by atoms with van der Waals surface area (Å²) < 4.78 is 0. The maximum Gasteiger partial charge on any atom is 0.258 e. The molecule has 1 aromatic heterocycles. The average molecular weight is 402 g/mol. The average Bonchev–Trinajstić information content (AvgIpc) is 2.72. The maximum absolute atomic E-state index is 12.2. The number of aryl methyl sites for hydroxylation is 1. The molecule has 0 aliphatic heterocycles. The zero-order valence-corrected chi connectivity index (χ0v) is 15.8. The van der Waals surface area contributed by atoms with Crippen molar-refractivity contribution in [3.05, 3.63) is 49.8 Å². The van der Waals surface area contributed by atoms with Crippen LogP contribution in [0.1, 0.15) is 31.2 Å². The SMILES string of the molecule is Cc1sc(NC(=S)NC(=O)c2ccc(Cl)cc2Cl)c(C(N)=O)c1C. The van der Waals surface area contributed by atoms with Gasteiger partial charge in [0.1, 0.15) is 5.00 Å². The minimum Gasteiger partial charge on any atom is -0.365 e. The van der Waals surface area contributed by atoms with Gasteiger partial charge in [0.25, 0.3) is 11.8 Å². The lowest BCUT2D eigenvalue weighted by atomic mass is 10.1. The zero-order valence-electron chi connectivity index (χ0n) is 12.7. The number of thiocarbonyl (C=S) groups is 1. The number of hydrogen-bond acceptors (Lipinski definition) is 4. The smallest absolute Gasteiger partial charge is 0.258 e. The van der Waals surface area contributed by atoms with Gasteiger partial charge in [-0.2, -0.15) is 0 Å². The Hall–Kier alpha value is -1.67. The number of carbonyl (C=O) groups is 2. The number of thiophene rings is 1. The molecule has 126 valence electrons. The van der Waals surface area contributed by atoms with Crippen LogP contribution in [0, 0.1) is 13.8 Å². The molecule has 0 spiro atoms. The quantitative estimate of drug-likeness (QED) is 0.680. The highest BCUT2D eigenvalue weighted by Gasteiger charge is 2.19. The molecule has 0 saturated heterocycles. The van der Waals surface area contributed by atoms with E-state index >= 15 is 0 Å². The van der Waals surface area contributed by atoms with E-state index in [0.29, 0.717) is 15.6 Å². The lowest BCUT2D eigenvalue weighted by molar-refractivity contribution is 0.0975. The molecule has 9 heteroatoms. The fourth-order valence-corrected chi connectivity index (χ4v) is 3.81. The van der Waals surface area contributed by atoms with Gasteiger partial charge in [-0.15, -0.1) is 11.3 Å². The summed E-state index contributed by atoms with van der Waals surface area (Å²) in [4.78, 5) is 24.7. The van der Waals surface area contributed by atoms with E-state index in [1.165, 1.54) is 23.5 Å². The number of carbonyl (C=O) groups excluding carboxylic acids is 2. The predicted molar refractivity (Wildman–Crippen MR) is 102 cm³/mol. The summed E-state index contributed by atoms with van der Waals surface area (Å²) in [5.74, 6) is -1.05. The molecule has 1 heterocycles. The Labute approximate surface area is 158 Å². The molecule has 5 nitrogen and oxygen atoms in total. The summed E-state index contributed by atoms with van der Waals surface area (Å²) in [5, 5.41) is 6.50. The third-order valence-corrected chi connectivity index (χ3v) is 5.14. The topological polar surface area (TPSA) is 84.2 Å². The molecular formula is C15H13Cl2N3O2S2. The Balaban J connectivity index is 2.15. The number of rotatable bonds is 3.